The van der Waals surface area contributed by atoms with E-state index in [0.717, 1.165) is 4.57 Å². The third-order valence-electron chi connectivity index (χ3n) is 2.48. The molecule has 0 aliphatic carbocycles. The van der Waals surface area contributed by atoms with Gasteiger partial charge in [-0.25, -0.2) is 14.3 Å². The highest BCUT2D eigenvalue weighted by Crippen LogP contribution is 2.14. The minimum absolute atomic E-state index is 0.0457. The lowest BCUT2D eigenvalue weighted by Crippen LogP contribution is -2.21. The number of halogens is 2. The zero-order chi connectivity index (χ0) is 13.6. The molecule has 0 saturated carbocycles. The van der Waals surface area contributed by atoms with Crippen molar-refractivity contribution in [3.8, 4) is 5.69 Å². The van der Waals surface area contributed by atoms with E-state index in [2.05, 4.69) is 19.9 Å². The van der Waals surface area contributed by atoms with Crippen molar-refractivity contribution < 1.29 is 0 Å². The van der Waals surface area contributed by atoms with E-state index in [0.29, 0.717) is 5.69 Å². The van der Waals surface area contributed by atoms with Gasteiger partial charge in [-0.2, -0.15) is 4.98 Å². The maximum atomic E-state index is 12.2. The first-order valence-corrected chi connectivity index (χ1v) is 5.84. The van der Waals surface area contributed by atoms with Crippen LogP contribution in [-0.4, -0.2) is 24.5 Å². The summed E-state index contributed by atoms with van der Waals surface area (Å²) < 4.78 is 1.12. The zero-order valence-corrected chi connectivity index (χ0v) is 10.7. The van der Waals surface area contributed by atoms with Crippen LogP contribution >= 0.6 is 23.2 Å². The molecule has 3 aromatic heterocycles. The Hall–Kier alpha value is -2.12. The number of nitrogens with one attached hydrogen (secondary N) is 2. The second kappa shape index (κ2) is 4.22. The molecule has 3 heterocycles. The Bertz CT molecular complexity index is 878. The topological polar surface area (TPSA) is 96.4 Å². The van der Waals surface area contributed by atoms with Gasteiger partial charge in [-0.1, -0.05) is 11.6 Å². The molecule has 0 aliphatic rings. The molecule has 2 N–H and O–H groups in total. The fraction of sp³-hybridized carbons (Fsp3) is 0. The molecule has 0 fully saturated rings. The van der Waals surface area contributed by atoms with Crippen LogP contribution in [0.3, 0.4) is 0 Å². The van der Waals surface area contributed by atoms with Gasteiger partial charge < -0.3 is 0 Å². The van der Waals surface area contributed by atoms with Gasteiger partial charge in [-0.3, -0.25) is 14.8 Å². The van der Waals surface area contributed by atoms with Crippen molar-refractivity contribution in [3.63, 3.8) is 0 Å². The van der Waals surface area contributed by atoms with Crippen molar-refractivity contribution in [3.05, 3.63) is 49.6 Å². The van der Waals surface area contributed by atoms with Gasteiger partial charge in [0.2, 0.25) is 5.28 Å². The second-order valence-corrected chi connectivity index (χ2v) is 4.39. The van der Waals surface area contributed by atoms with E-state index in [9.17, 15) is 9.59 Å². The van der Waals surface area contributed by atoms with Gasteiger partial charge in [0, 0.05) is 0 Å². The molecule has 0 aromatic carbocycles. The first-order chi connectivity index (χ1) is 9.06. The molecule has 0 spiro atoms. The Morgan fingerprint density at radius 1 is 1.16 bits per heavy atom. The summed E-state index contributed by atoms with van der Waals surface area (Å²) in [7, 11) is 0. The Balaban J connectivity index is 2.37. The minimum Gasteiger partial charge on any atom is -0.300 e. The third-order valence-corrected chi connectivity index (χ3v) is 2.96. The number of aromatic amines is 2. The van der Waals surface area contributed by atoms with Gasteiger partial charge in [0.1, 0.15) is 5.15 Å². The summed E-state index contributed by atoms with van der Waals surface area (Å²) in [4.78, 5) is 35.9. The second-order valence-electron chi connectivity index (χ2n) is 3.66. The number of nitrogens with zero attached hydrogens (tertiary/aromatic N) is 3. The average molecular weight is 298 g/mol. The smallest absolute Gasteiger partial charge is 0.300 e. The molecule has 96 valence electrons. The predicted octanol–water partition coefficient (Wildman–Crippen LogP) is 1.10. The van der Waals surface area contributed by atoms with Crippen LogP contribution in [0.4, 0.5) is 0 Å². The van der Waals surface area contributed by atoms with E-state index in [1.165, 1.54) is 12.3 Å². The Morgan fingerprint density at radius 3 is 2.63 bits per heavy atom. The third kappa shape index (κ3) is 1.92. The summed E-state index contributed by atoms with van der Waals surface area (Å²) in [5.41, 5.74) is -0.474. The van der Waals surface area contributed by atoms with Crippen LogP contribution in [0.1, 0.15) is 0 Å². The van der Waals surface area contributed by atoms with E-state index in [-0.39, 0.29) is 21.6 Å². The summed E-state index contributed by atoms with van der Waals surface area (Å²) in [6.07, 6.45) is 1.38. The van der Waals surface area contributed by atoms with E-state index in [1.807, 2.05) is 0 Å². The molecule has 0 unspecified atom stereocenters. The predicted molar refractivity (Wildman–Crippen MR) is 70.1 cm³/mol. The standard InChI is InChI=1S/C10H5Cl2N5O2/c11-5-2-1-4(3-13-5)17-8(18)6-7(15-9(17)12)16-10(19)14-6/h1-3H,(H2,14,16,19). The van der Waals surface area contributed by atoms with Crippen LogP contribution in [-0.2, 0) is 0 Å². The largest absolute Gasteiger partial charge is 0.325 e. The summed E-state index contributed by atoms with van der Waals surface area (Å²) in [6, 6.07) is 3.09. The zero-order valence-electron chi connectivity index (χ0n) is 9.15. The number of pyridine rings is 1. The normalized spacial score (nSPS) is 11.1. The number of imidazole rings is 1. The van der Waals surface area contributed by atoms with Crippen molar-refractivity contribution in [1.82, 2.24) is 24.5 Å². The van der Waals surface area contributed by atoms with Crippen LogP contribution in [0, 0.1) is 0 Å². The molecule has 19 heavy (non-hydrogen) atoms. The van der Waals surface area contributed by atoms with E-state index in [1.54, 1.807) is 6.07 Å². The lowest BCUT2D eigenvalue weighted by molar-refractivity contribution is 0.949. The average Bonchev–Trinajstić information content (AvgIpc) is 2.72. The molecule has 0 saturated heterocycles. The maximum Gasteiger partial charge on any atom is 0.325 e. The van der Waals surface area contributed by atoms with Crippen molar-refractivity contribution in [2.24, 2.45) is 0 Å². The number of hydrogen-bond acceptors (Lipinski definition) is 4. The van der Waals surface area contributed by atoms with Gasteiger partial charge >= 0.3 is 5.69 Å². The van der Waals surface area contributed by atoms with Crippen molar-refractivity contribution in [1.29, 1.82) is 0 Å². The monoisotopic (exact) mass is 297 g/mol. The van der Waals surface area contributed by atoms with Crippen LogP contribution in [0.2, 0.25) is 10.4 Å². The number of hydrogen-bond donors (Lipinski definition) is 2. The maximum absolute atomic E-state index is 12.2. The van der Waals surface area contributed by atoms with Crippen molar-refractivity contribution in [2.45, 2.75) is 0 Å². The quantitative estimate of drug-likeness (QED) is 0.519. The summed E-state index contributed by atoms with van der Waals surface area (Å²) in [5, 5.41) is 0.203. The fourth-order valence-corrected chi connectivity index (χ4v) is 2.05. The van der Waals surface area contributed by atoms with E-state index >= 15 is 0 Å². The van der Waals surface area contributed by atoms with Crippen LogP contribution in [0.5, 0.6) is 0 Å². The minimum atomic E-state index is -0.525. The first-order valence-electron chi connectivity index (χ1n) is 5.09. The Kier molecular flexibility index (Phi) is 2.65. The molecule has 3 aromatic rings. The molecular formula is C10H5Cl2N5O2. The lowest BCUT2D eigenvalue weighted by Gasteiger charge is -2.06. The number of rotatable bonds is 1. The SMILES string of the molecule is O=c1[nH]c2nc(Cl)n(-c3ccc(Cl)nc3)c(=O)c2[nH]1. The van der Waals surface area contributed by atoms with E-state index < -0.39 is 11.2 Å². The number of aromatic nitrogens is 5. The summed E-state index contributed by atoms with van der Waals surface area (Å²) >= 11 is 11.6. The first kappa shape index (κ1) is 11.9. The molecule has 0 aliphatic heterocycles. The Labute approximate surface area is 114 Å². The number of fused-ring (bicyclic) bond motifs is 1. The molecular weight excluding hydrogens is 293 g/mol. The van der Waals surface area contributed by atoms with Gasteiger partial charge in [-0.15, -0.1) is 0 Å². The molecule has 3 rings (SSSR count). The number of H-pyrrole nitrogens is 2. The van der Waals surface area contributed by atoms with Crippen LogP contribution < -0.4 is 11.2 Å². The highest BCUT2D eigenvalue weighted by atomic mass is 35.5. The Morgan fingerprint density at radius 2 is 1.95 bits per heavy atom. The van der Waals surface area contributed by atoms with Gasteiger partial charge in [0.25, 0.3) is 5.56 Å². The fourth-order valence-electron chi connectivity index (χ4n) is 1.67. The highest BCUT2D eigenvalue weighted by Gasteiger charge is 2.13. The summed E-state index contributed by atoms with van der Waals surface area (Å²) in [5.74, 6) is 0. The van der Waals surface area contributed by atoms with Gasteiger partial charge in [0.05, 0.1) is 11.9 Å². The molecule has 0 bridgehead atoms. The molecule has 0 radical (unpaired) electrons. The van der Waals surface area contributed by atoms with Crippen LogP contribution in [0.25, 0.3) is 16.9 Å². The molecule has 9 heteroatoms. The van der Waals surface area contributed by atoms with Crippen molar-refractivity contribution >= 4 is 34.4 Å². The lowest BCUT2D eigenvalue weighted by atomic mass is 10.4. The summed E-state index contributed by atoms with van der Waals surface area (Å²) in [6.45, 7) is 0. The van der Waals surface area contributed by atoms with Gasteiger partial charge in [-0.05, 0) is 23.7 Å². The molecule has 7 nitrogen and oxygen atoms in total. The highest BCUT2D eigenvalue weighted by molar-refractivity contribution is 6.29. The molecule has 0 atom stereocenters. The molecule has 0 amide bonds. The van der Waals surface area contributed by atoms with Crippen molar-refractivity contribution in [2.75, 3.05) is 0 Å². The van der Waals surface area contributed by atoms with Gasteiger partial charge in [0.15, 0.2) is 11.2 Å². The van der Waals surface area contributed by atoms with E-state index in [4.69, 9.17) is 23.2 Å². The van der Waals surface area contributed by atoms with Crippen LogP contribution in [0.15, 0.2) is 27.9 Å².